The minimum absolute atomic E-state index is 0.405. The van der Waals surface area contributed by atoms with E-state index in [1.54, 1.807) is 6.26 Å². The largest absolute Gasteiger partial charge is 0.508 e. The molecule has 3 heteroatoms. The first-order chi connectivity index (χ1) is 11.7. The molecule has 0 saturated carbocycles. The molecule has 3 unspecified atom stereocenters. The van der Waals surface area contributed by atoms with Crippen molar-refractivity contribution in [3.05, 3.63) is 53.5 Å². The number of benzene rings is 1. The van der Waals surface area contributed by atoms with Gasteiger partial charge in [-0.05, 0) is 79.5 Å². The lowest BCUT2D eigenvalue weighted by Gasteiger charge is -2.38. The number of hydrogen-bond donors (Lipinski definition) is 1. The zero-order valence-corrected chi connectivity index (χ0v) is 14.4. The van der Waals surface area contributed by atoms with Gasteiger partial charge in [0, 0.05) is 19.0 Å². The van der Waals surface area contributed by atoms with Gasteiger partial charge >= 0.3 is 0 Å². The van der Waals surface area contributed by atoms with E-state index in [4.69, 9.17) is 4.42 Å². The van der Waals surface area contributed by atoms with Gasteiger partial charge in [-0.2, -0.15) is 0 Å². The highest BCUT2D eigenvalue weighted by molar-refractivity contribution is 5.40. The average Bonchev–Trinajstić information content (AvgIpc) is 3.23. The highest BCUT2D eigenvalue weighted by atomic mass is 16.3. The van der Waals surface area contributed by atoms with E-state index in [-0.39, 0.29) is 0 Å². The topological polar surface area (TPSA) is 36.6 Å². The molecule has 2 heterocycles. The van der Waals surface area contributed by atoms with Crippen LogP contribution in [0.2, 0.25) is 0 Å². The van der Waals surface area contributed by atoms with E-state index in [9.17, 15) is 5.11 Å². The van der Waals surface area contributed by atoms with Crippen molar-refractivity contribution < 1.29 is 9.52 Å². The minimum Gasteiger partial charge on any atom is -0.508 e. The van der Waals surface area contributed by atoms with Crippen molar-refractivity contribution in [1.82, 2.24) is 4.90 Å². The van der Waals surface area contributed by atoms with E-state index in [0.717, 1.165) is 25.1 Å². The Morgan fingerprint density at radius 1 is 1.29 bits per heavy atom. The third-order valence-corrected chi connectivity index (χ3v) is 5.85. The van der Waals surface area contributed by atoms with E-state index in [1.807, 2.05) is 18.2 Å². The molecule has 1 fully saturated rings. The Kier molecular flexibility index (Phi) is 4.36. The molecule has 0 spiro atoms. The molecule has 1 saturated heterocycles. The SMILES string of the molecule is CC1Cc2cc(O)ccc2C(C2CCCN2CCc2ccco2)C1. The van der Waals surface area contributed by atoms with Gasteiger partial charge in [0.2, 0.25) is 0 Å². The van der Waals surface area contributed by atoms with Gasteiger partial charge in [-0.3, -0.25) is 4.90 Å². The van der Waals surface area contributed by atoms with Crippen LogP contribution in [0.4, 0.5) is 0 Å². The molecule has 3 nitrogen and oxygen atoms in total. The van der Waals surface area contributed by atoms with Gasteiger partial charge < -0.3 is 9.52 Å². The third kappa shape index (κ3) is 3.10. The van der Waals surface area contributed by atoms with Crippen LogP contribution >= 0.6 is 0 Å². The summed E-state index contributed by atoms with van der Waals surface area (Å²) in [7, 11) is 0. The van der Waals surface area contributed by atoms with Crippen LogP contribution in [-0.4, -0.2) is 29.1 Å². The fourth-order valence-corrected chi connectivity index (χ4v) is 4.81. The lowest BCUT2D eigenvalue weighted by Crippen LogP contribution is -2.38. The molecule has 1 aromatic heterocycles. The van der Waals surface area contributed by atoms with E-state index >= 15 is 0 Å². The molecule has 0 bridgehead atoms. The number of furan rings is 1. The van der Waals surface area contributed by atoms with E-state index in [1.165, 1.54) is 36.9 Å². The molecule has 1 aliphatic heterocycles. The number of aromatic hydroxyl groups is 1. The van der Waals surface area contributed by atoms with Crippen molar-refractivity contribution in [2.45, 2.75) is 51.0 Å². The Labute approximate surface area is 144 Å². The molecule has 1 aliphatic carbocycles. The summed E-state index contributed by atoms with van der Waals surface area (Å²) in [5, 5.41) is 9.85. The zero-order chi connectivity index (χ0) is 16.5. The smallest absolute Gasteiger partial charge is 0.115 e. The van der Waals surface area contributed by atoms with Crippen molar-refractivity contribution in [3.8, 4) is 5.75 Å². The number of hydrogen-bond acceptors (Lipinski definition) is 3. The Hall–Kier alpha value is -1.74. The number of phenols is 1. The van der Waals surface area contributed by atoms with Crippen LogP contribution in [0.5, 0.6) is 5.75 Å². The van der Waals surface area contributed by atoms with Gasteiger partial charge in [0.15, 0.2) is 0 Å². The lowest BCUT2D eigenvalue weighted by molar-refractivity contribution is 0.200. The lowest BCUT2D eigenvalue weighted by atomic mass is 9.73. The molecule has 128 valence electrons. The van der Waals surface area contributed by atoms with Crippen molar-refractivity contribution in [3.63, 3.8) is 0 Å². The fraction of sp³-hybridized carbons (Fsp3) is 0.524. The van der Waals surface area contributed by atoms with Crippen LogP contribution < -0.4 is 0 Å². The number of nitrogens with zero attached hydrogens (tertiary/aromatic N) is 1. The summed E-state index contributed by atoms with van der Waals surface area (Å²) in [6.07, 6.45) is 7.70. The highest BCUT2D eigenvalue weighted by Crippen LogP contribution is 2.42. The Balaban J connectivity index is 1.53. The summed E-state index contributed by atoms with van der Waals surface area (Å²) >= 11 is 0. The molecule has 3 atom stereocenters. The van der Waals surface area contributed by atoms with Crippen LogP contribution in [-0.2, 0) is 12.8 Å². The maximum atomic E-state index is 9.85. The molecule has 2 aliphatic rings. The van der Waals surface area contributed by atoms with E-state index in [0.29, 0.717) is 23.6 Å². The molecule has 0 amide bonds. The predicted molar refractivity (Wildman–Crippen MR) is 95.3 cm³/mol. The van der Waals surface area contributed by atoms with Crippen molar-refractivity contribution in [1.29, 1.82) is 0 Å². The number of fused-ring (bicyclic) bond motifs is 1. The normalized spacial score (nSPS) is 27.3. The number of likely N-dealkylation sites (tertiary alicyclic amines) is 1. The molecule has 0 radical (unpaired) electrons. The van der Waals surface area contributed by atoms with Gasteiger partial charge in [0.1, 0.15) is 11.5 Å². The first-order valence-electron chi connectivity index (χ1n) is 9.29. The standard InChI is InChI=1S/C21H27NO2/c1-15-12-16-14-17(23)6-7-19(16)20(13-15)21-5-2-9-22(21)10-8-18-4-3-11-24-18/h3-4,6-7,11,14-15,20-21,23H,2,5,8-10,12-13H2,1H3. The summed E-state index contributed by atoms with van der Waals surface area (Å²) in [4.78, 5) is 2.67. The quantitative estimate of drug-likeness (QED) is 0.907. The van der Waals surface area contributed by atoms with Crippen LogP contribution in [0, 0.1) is 5.92 Å². The van der Waals surface area contributed by atoms with Gasteiger partial charge in [0.25, 0.3) is 0 Å². The first-order valence-corrected chi connectivity index (χ1v) is 9.29. The molecule has 24 heavy (non-hydrogen) atoms. The zero-order valence-electron chi connectivity index (χ0n) is 14.4. The van der Waals surface area contributed by atoms with Crippen molar-refractivity contribution in [2.75, 3.05) is 13.1 Å². The van der Waals surface area contributed by atoms with Crippen molar-refractivity contribution in [2.24, 2.45) is 5.92 Å². The van der Waals surface area contributed by atoms with Gasteiger partial charge in [-0.15, -0.1) is 0 Å². The van der Waals surface area contributed by atoms with E-state index in [2.05, 4.69) is 24.0 Å². The Morgan fingerprint density at radius 2 is 2.21 bits per heavy atom. The van der Waals surface area contributed by atoms with Gasteiger partial charge in [-0.1, -0.05) is 13.0 Å². The average molecular weight is 325 g/mol. The van der Waals surface area contributed by atoms with Crippen LogP contribution in [0.25, 0.3) is 0 Å². The van der Waals surface area contributed by atoms with Gasteiger partial charge in [0.05, 0.1) is 6.26 Å². The first kappa shape index (κ1) is 15.8. The molecule has 1 aromatic carbocycles. The van der Waals surface area contributed by atoms with E-state index < -0.39 is 0 Å². The number of phenolic OH excluding ortho intramolecular Hbond substituents is 1. The Bertz CT molecular complexity index is 679. The Morgan fingerprint density at radius 3 is 3.04 bits per heavy atom. The molecule has 4 rings (SSSR count). The van der Waals surface area contributed by atoms with Crippen LogP contribution in [0.15, 0.2) is 41.0 Å². The minimum atomic E-state index is 0.405. The second-order valence-corrected chi connectivity index (χ2v) is 7.61. The summed E-state index contributed by atoms with van der Waals surface area (Å²) in [6.45, 7) is 4.63. The van der Waals surface area contributed by atoms with Gasteiger partial charge in [-0.25, -0.2) is 0 Å². The second-order valence-electron chi connectivity index (χ2n) is 7.61. The summed E-state index contributed by atoms with van der Waals surface area (Å²) in [6, 6.07) is 10.7. The maximum absolute atomic E-state index is 9.85. The van der Waals surface area contributed by atoms with Crippen LogP contribution in [0.3, 0.4) is 0 Å². The second kappa shape index (κ2) is 6.64. The summed E-state index contributed by atoms with van der Waals surface area (Å²) in [5.74, 6) is 2.78. The molecular formula is C21H27NO2. The predicted octanol–water partition coefficient (Wildman–Crippen LogP) is 4.36. The molecule has 2 aromatic rings. The summed E-state index contributed by atoms with van der Waals surface area (Å²) in [5.41, 5.74) is 2.83. The summed E-state index contributed by atoms with van der Waals surface area (Å²) < 4.78 is 5.51. The third-order valence-electron chi connectivity index (χ3n) is 5.85. The van der Waals surface area contributed by atoms with Crippen molar-refractivity contribution >= 4 is 0 Å². The maximum Gasteiger partial charge on any atom is 0.115 e. The molecule has 1 N–H and O–H groups in total. The monoisotopic (exact) mass is 325 g/mol. The highest BCUT2D eigenvalue weighted by Gasteiger charge is 2.36. The molecular weight excluding hydrogens is 298 g/mol. The van der Waals surface area contributed by atoms with Crippen LogP contribution in [0.1, 0.15) is 49.0 Å². The fourth-order valence-electron chi connectivity index (χ4n) is 4.81. The number of rotatable bonds is 4.